The summed E-state index contributed by atoms with van der Waals surface area (Å²) < 4.78 is 0.475. The summed E-state index contributed by atoms with van der Waals surface area (Å²) in [5.74, 6) is -1.23. The number of rotatable bonds is 3. The van der Waals surface area contributed by atoms with E-state index in [4.69, 9.17) is 5.73 Å². The summed E-state index contributed by atoms with van der Waals surface area (Å²) in [7, 11) is 0. The maximum Gasteiger partial charge on any atom is 0.294 e. The fourth-order valence-electron chi connectivity index (χ4n) is 1.56. The molecule has 1 aromatic rings. The number of hydrogen-bond donors (Lipinski definition) is 2. The first-order valence-corrected chi connectivity index (χ1v) is 7.01. The number of hydrogen-bond acceptors (Lipinski definition) is 5. The normalized spacial score (nSPS) is 17.1. The van der Waals surface area contributed by atoms with Crippen LogP contribution in [-0.4, -0.2) is 33.6 Å². The van der Waals surface area contributed by atoms with Gasteiger partial charge in [-0.2, -0.15) is 0 Å². The van der Waals surface area contributed by atoms with Crippen molar-refractivity contribution in [2.75, 3.05) is 6.54 Å². The van der Waals surface area contributed by atoms with Gasteiger partial charge in [0.05, 0.1) is 9.38 Å². The van der Waals surface area contributed by atoms with Crippen LogP contribution in [0.15, 0.2) is 27.6 Å². The Kier molecular flexibility index (Phi) is 4.15. The molecule has 2 rings (SSSR count). The molecule has 0 spiro atoms. The standard InChI is InChI=1S/C12H9BrN2O4S/c13-7-3-6(1-2-8(7)16)4-9-11(18)15(5-10(14)17)12(19)20-9/h1-4,16H,5H2,(H2,14,17)/b9-4-. The first kappa shape index (κ1) is 14.6. The lowest BCUT2D eigenvalue weighted by atomic mass is 10.2. The third kappa shape index (κ3) is 3.02. The molecule has 1 aliphatic heterocycles. The molecule has 0 atom stereocenters. The highest BCUT2D eigenvalue weighted by atomic mass is 79.9. The minimum Gasteiger partial charge on any atom is -0.507 e. The fraction of sp³-hybridized carbons (Fsp3) is 0.0833. The van der Waals surface area contributed by atoms with Crippen LogP contribution < -0.4 is 5.73 Å². The van der Waals surface area contributed by atoms with Crippen LogP contribution in [0.1, 0.15) is 5.56 Å². The van der Waals surface area contributed by atoms with Gasteiger partial charge in [-0.15, -0.1) is 0 Å². The first-order valence-electron chi connectivity index (χ1n) is 5.40. The Hall–Kier alpha value is -1.80. The molecule has 20 heavy (non-hydrogen) atoms. The van der Waals surface area contributed by atoms with Gasteiger partial charge < -0.3 is 10.8 Å². The Morgan fingerprint density at radius 2 is 2.15 bits per heavy atom. The molecule has 0 unspecified atom stereocenters. The molecule has 3 amide bonds. The lowest BCUT2D eigenvalue weighted by molar-refractivity contribution is -0.127. The van der Waals surface area contributed by atoms with E-state index >= 15 is 0 Å². The zero-order chi connectivity index (χ0) is 14.9. The quantitative estimate of drug-likeness (QED) is 0.802. The molecule has 0 bridgehead atoms. The number of thioether (sulfide) groups is 1. The van der Waals surface area contributed by atoms with Crippen molar-refractivity contribution in [2.45, 2.75) is 0 Å². The third-order valence-corrected chi connectivity index (χ3v) is 4.00. The van der Waals surface area contributed by atoms with E-state index in [-0.39, 0.29) is 10.7 Å². The van der Waals surface area contributed by atoms with Gasteiger partial charge in [0.2, 0.25) is 5.91 Å². The van der Waals surface area contributed by atoms with Crippen molar-refractivity contribution in [3.8, 4) is 5.75 Å². The summed E-state index contributed by atoms with van der Waals surface area (Å²) in [5, 5.41) is 8.86. The van der Waals surface area contributed by atoms with Crippen molar-refractivity contribution in [3.05, 3.63) is 33.1 Å². The highest BCUT2D eigenvalue weighted by molar-refractivity contribution is 9.10. The van der Waals surface area contributed by atoms with Crippen LogP contribution in [0, 0.1) is 0 Å². The molecule has 0 aliphatic carbocycles. The Balaban J connectivity index is 2.27. The Morgan fingerprint density at radius 1 is 1.45 bits per heavy atom. The molecule has 1 aliphatic rings. The minimum absolute atomic E-state index is 0.0731. The van der Waals surface area contributed by atoms with Gasteiger partial charge in [0.25, 0.3) is 11.1 Å². The van der Waals surface area contributed by atoms with Gasteiger partial charge in [-0.1, -0.05) is 6.07 Å². The van der Waals surface area contributed by atoms with Gasteiger partial charge in [-0.3, -0.25) is 19.3 Å². The fourth-order valence-corrected chi connectivity index (χ4v) is 2.79. The maximum atomic E-state index is 12.0. The number of aromatic hydroxyl groups is 1. The number of carbonyl (C=O) groups is 3. The number of phenols is 1. The number of carbonyl (C=O) groups excluding carboxylic acids is 3. The van der Waals surface area contributed by atoms with Crippen molar-refractivity contribution in [1.29, 1.82) is 0 Å². The van der Waals surface area contributed by atoms with Gasteiger partial charge in [-0.25, -0.2) is 0 Å². The highest BCUT2D eigenvalue weighted by Crippen LogP contribution is 2.33. The predicted octanol–water partition coefficient (Wildman–Crippen LogP) is 1.68. The Bertz CT molecular complexity index is 644. The molecular formula is C12H9BrN2O4S. The summed E-state index contributed by atoms with van der Waals surface area (Å²) in [4.78, 5) is 35.4. The van der Waals surface area contributed by atoms with Crippen LogP contribution in [0.25, 0.3) is 6.08 Å². The second kappa shape index (κ2) is 5.68. The lowest BCUT2D eigenvalue weighted by Crippen LogP contribution is -2.36. The van der Waals surface area contributed by atoms with Gasteiger partial charge in [0, 0.05) is 0 Å². The largest absolute Gasteiger partial charge is 0.507 e. The molecule has 3 N–H and O–H groups in total. The zero-order valence-electron chi connectivity index (χ0n) is 10.00. The van der Waals surface area contributed by atoms with E-state index in [1.54, 1.807) is 12.1 Å². The molecule has 1 saturated heterocycles. The molecule has 1 aromatic carbocycles. The molecule has 0 saturated carbocycles. The minimum atomic E-state index is -0.749. The van der Waals surface area contributed by atoms with Crippen molar-refractivity contribution < 1.29 is 19.5 Å². The number of amides is 3. The highest BCUT2D eigenvalue weighted by Gasteiger charge is 2.35. The summed E-state index contributed by atoms with van der Waals surface area (Å²) in [5.41, 5.74) is 5.62. The molecule has 0 radical (unpaired) electrons. The zero-order valence-corrected chi connectivity index (χ0v) is 12.4. The molecule has 1 fully saturated rings. The number of nitrogens with two attached hydrogens (primary N) is 1. The smallest absolute Gasteiger partial charge is 0.294 e. The van der Waals surface area contributed by atoms with Gasteiger partial charge in [-0.05, 0) is 51.5 Å². The van der Waals surface area contributed by atoms with Crippen molar-refractivity contribution in [3.63, 3.8) is 0 Å². The first-order chi connectivity index (χ1) is 9.38. The maximum absolute atomic E-state index is 12.0. The van der Waals surface area contributed by atoms with E-state index in [1.165, 1.54) is 12.1 Å². The number of imide groups is 1. The van der Waals surface area contributed by atoms with Crippen LogP contribution in [0.2, 0.25) is 0 Å². The van der Waals surface area contributed by atoms with E-state index in [1.807, 2.05) is 0 Å². The summed E-state index contributed by atoms with van der Waals surface area (Å²) in [6.07, 6.45) is 1.51. The topological polar surface area (TPSA) is 101 Å². The van der Waals surface area contributed by atoms with Gasteiger partial charge in [0.1, 0.15) is 12.3 Å². The van der Waals surface area contributed by atoms with E-state index in [0.717, 1.165) is 16.7 Å². The molecule has 1 heterocycles. The summed E-state index contributed by atoms with van der Waals surface area (Å²) >= 11 is 3.90. The van der Waals surface area contributed by atoms with E-state index < -0.39 is 23.6 Å². The number of benzene rings is 1. The van der Waals surface area contributed by atoms with Crippen LogP contribution >= 0.6 is 27.7 Å². The third-order valence-electron chi connectivity index (χ3n) is 2.46. The van der Waals surface area contributed by atoms with E-state index in [0.29, 0.717) is 10.0 Å². The predicted molar refractivity (Wildman–Crippen MR) is 77.7 cm³/mol. The molecule has 6 nitrogen and oxygen atoms in total. The number of phenolic OH excluding ortho intramolecular Hbond substituents is 1. The van der Waals surface area contributed by atoms with Crippen molar-refractivity contribution in [2.24, 2.45) is 5.73 Å². The number of nitrogens with zero attached hydrogens (tertiary/aromatic N) is 1. The monoisotopic (exact) mass is 356 g/mol. The van der Waals surface area contributed by atoms with Crippen LogP contribution in [0.4, 0.5) is 4.79 Å². The molecule has 8 heteroatoms. The SMILES string of the molecule is NC(=O)CN1C(=O)S/C(=C\c2ccc(O)c(Br)c2)C1=O. The average Bonchev–Trinajstić information content (AvgIpc) is 2.61. The molecule has 104 valence electrons. The van der Waals surface area contributed by atoms with Gasteiger partial charge in [0.15, 0.2) is 0 Å². The van der Waals surface area contributed by atoms with Crippen LogP contribution in [0.3, 0.4) is 0 Å². The van der Waals surface area contributed by atoms with E-state index in [9.17, 15) is 19.5 Å². The van der Waals surface area contributed by atoms with Crippen LogP contribution in [-0.2, 0) is 9.59 Å². The summed E-state index contributed by atoms with van der Waals surface area (Å²) in [6, 6.07) is 4.67. The number of halogens is 1. The Morgan fingerprint density at radius 3 is 2.75 bits per heavy atom. The number of primary amides is 1. The van der Waals surface area contributed by atoms with Gasteiger partial charge >= 0.3 is 0 Å². The second-order valence-electron chi connectivity index (χ2n) is 3.95. The van der Waals surface area contributed by atoms with E-state index in [2.05, 4.69) is 15.9 Å². The van der Waals surface area contributed by atoms with Crippen molar-refractivity contribution >= 4 is 50.8 Å². The second-order valence-corrected chi connectivity index (χ2v) is 5.79. The van der Waals surface area contributed by atoms with Crippen LogP contribution in [0.5, 0.6) is 5.75 Å². The summed E-state index contributed by atoms with van der Waals surface area (Å²) in [6.45, 7) is -0.429. The molecular weight excluding hydrogens is 348 g/mol. The average molecular weight is 357 g/mol. The lowest BCUT2D eigenvalue weighted by Gasteiger charge is -2.08. The Labute approximate surface area is 126 Å². The van der Waals surface area contributed by atoms with Crippen molar-refractivity contribution in [1.82, 2.24) is 4.90 Å². The molecule has 0 aromatic heterocycles.